The van der Waals surface area contributed by atoms with Gasteiger partial charge in [0.15, 0.2) is 0 Å². The van der Waals surface area contributed by atoms with Gasteiger partial charge in [-0.25, -0.2) is 0 Å². The van der Waals surface area contributed by atoms with Crippen LogP contribution in [0.2, 0.25) is 0 Å². The van der Waals surface area contributed by atoms with Crippen LogP contribution in [0.1, 0.15) is 29.0 Å². The maximum absolute atomic E-state index is 9.51. The molecule has 0 aliphatic heterocycles. The Kier molecular flexibility index (Phi) is 4.85. The van der Waals surface area contributed by atoms with Crippen molar-refractivity contribution in [3.63, 3.8) is 0 Å². The van der Waals surface area contributed by atoms with Gasteiger partial charge in [0.25, 0.3) is 0 Å². The Morgan fingerprint density at radius 3 is 1.57 bits per heavy atom. The minimum atomic E-state index is 0.156. The number of nitrogens with zero attached hydrogens (tertiary/aromatic N) is 1. The van der Waals surface area contributed by atoms with Gasteiger partial charge >= 0.3 is 0 Å². The fourth-order valence-corrected chi connectivity index (χ4v) is 2.84. The SMILES string of the molecule is O/N=C(/CC(c1ccccc1)c1ccccc1)c1ccccc1. The molecule has 0 saturated heterocycles. The van der Waals surface area contributed by atoms with Crippen LogP contribution in [0, 0.1) is 0 Å². The molecule has 0 radical (unpaired) electrons. The minimum absolute atomic E-state index is 0.156. The Morgan fingerprint density at radius 2 is 1.13 bits per heavy atom. The van der Waals surface area contributed by atoms with Crippen LogP contribution in [0.5, 0.6) is 0 Å². The van der Waals surface area contributed by atoms with Crippen molar-refractivity contribution in [2.24, 2.45) is 5.16 Å². The lowest BCUT2D eigenvalue weighted by Crippen LogP contribution is -2.10. The lowest BCUT2D eigenvalue weighted by atomic mass is 9.85. The van der Waals surface area contributed by atoms with Crippen LogP contribution in [-0.2, 0) is 0 Å². The molecule has 0 aliphatic rings. The summed E-state index contributed by atoms with van der Waals surface area (Å²) in [7, 11) is 0. The van der Waals surface area contributed by atoms with Crippen LogP contribution >= 0.6 is 0 Å². The maximum Gasteiger partial charge on any atom is 0.0877 e. The first-order valence-electron chi connectivity index (χ1n) is 7.74. The van der Waals surface area contributed by atoms with Crippen molar-refractivity contribution in [1.82, 2.24) is 0 Å². The molecule has 0 aliphatic carbocycles. The van der Waals surface area contributed by atoms with Crippen LogP contribution in [0.3, 0.4) is 0 Å². The van der Waals surface area contributed by atoms with Crippen molar-refractivity contribution in [2.45, 2.75) is 12.3 Å². The van der Waals surface area contributed by atoms with E-state index >= 15 is 0 Å². The number of hydrogen-bond donors (Lipinski definition) is 1. The fraction of sp³-hybridized carbons (Fsp3) is 0.0952. The highest BCUT2D eigenvalue weighted by Gasteiger charge is 2.18. The molecule has 3 aromatic carbocycles. The predicted molar refractivity (Wildman–Crippen MR) is 94.1 cm³/mol. The van der Waals surface area contributed by atoms with Gasteiger partial charge in [-0.1, -0.05) is 96.2 Å². The van der Waals surface area contributed by atoms with Gasteiger partial charge < -0.3 is 5.21 Å². The molecule has 3 aromatic rings. The summed E-state index contributed by atoms with van der Waals surface area (Å²) in [6.07, 6.45) is 0.647. The van der Waals surface area contributed by atoms with Crippen LogP contribution in [-0.4, -0.2) is 10.9 Å². The van der Waals surface area contributed by atoms with Gasteiger partial charge in [0.05, 0.1) is 5.71 Å². The highest BCUT2D eigenvalue weighted by atomic mass is 16.4. The predicted octanol–water partition coefficient (Wildman–Crippen LogP) is 5.09. The Labute approximate surface area is 136 Å². The van der Waals surface area contributed by atoms with Gasteiger partial charge in [-0.3, -0.25) is 0 Å². The first-order valence-corrected chi connectivity index (χ1v) is 7.74. The molecule has 0 spiro atoms. The van der Waals surface area contributed by atoms with Crippen LogP contribution in [0.15, 0.2) is 96.2 Å². The van der Waals surface area contributed by atoms with Crippen LogP contribution < -0.4 is 0 Å². The molecule has 0 unspecified atom stereocenters. The summed E-state index contributed by atoms with van der Waals surface area (Å²) in [6, 6.07) is 30.5. The Bertz CT molecular complexity index is 712. The summed E-state index contributed by atoms with van der Waals surface area (Å²) >= 11 is 0. The lowest BCUT2D eigenvalue weighted by Gasteiger charge is -2.19. The van der Waals surface area contributed by atoms with Crippen molar-refractivity contribution in [2.75, 3.05) is 0 Å². The highest BCUT2D eigenvalue weighted by Crippen LogP contribution is 2.29. The second-order valence-corrected chi connectivity index (χ2v) is 5.49. The Morgan fingerprint density at radius 1 is 0.696 bits per heavy atom. The lowest BCUT2D eigenvalue weighted by molar-refractivity contribution is 0.317. The average molecular weight is 301 g/mol. The maximum atomic E-state index is 9.51. The van der Waals surface area contributed by atoms with Crippen LogP contribution in [0.25, 0.3) is 0 Å². The third-order valence-corrected chi connectivity index (χ3v) is 4.03. The van der Waals surface area contributed by atoms with E-state index in [1.807, 2.05) is 66.7 Å². The molecule has 3 rings (SSSR count). The van der Waals surface area contributed by atoms with E-state index in [4.69, 9.17) is 0 Å². The number of hydrogen-bond acceptors (Lipinski definition) is 2. The van der Waals surface area contributed by atoms with E-state index in [1.165, 1.54) is 11.1 Å². The number of oxime groups is 1. The van der Waals surface area contributed by atoms with Gasteiger partial charge in [0, 0.05) is 12.3 Å². The molecule has 0 bridgehead atoms. The van der Waals surface area contributed by atoms with Crippen molar-refractivity contribution in [3.05, 3.63) is 108 Å². The van der Waals surface area contributed by atoms with Crippen molar-refractivity contribution < 1.29 is 5.21 Å². The fourth-order valence-electron chi connectivity index (χ4n) is 2.84. The van der Waals surface area contributed by atoms with Crippen molar-refractivity contribution >= 4 is 5.71 Å². The molecule has 23 heavy (non-hydrogen) atoms. The zero-order valence-corrected chi connectivity index (χ0v) is 12.8. The van der Waals surface area contributed by atoms with Gasteiger partial charge in [-0.2, -0.15) is 0 Å². The van der Waals surface area contributed by atoms with E-state index in [9.17, 15) is 5.21 Å². The van der Waals surface area contributed by atoms with Crippen LogP contribution in [0.4, 0.5) is 0 Å². The summed E-state index contributed by atoms with van der Waals surface area (Å²) < 4.78 is 0. The summed E-state index contributed by atoms with van der Waals surface area (Å²) in [4.78, 5) is 0. The summed E-state index contributed by atoms with van der Waals surface area (Å²) in [5, 5.41) is 13.1. The third kappa shape index (κ3) is 3.67. The molecule has 2 nitrogen and oxygen atoms in total. The van der Waals surface area contributed by atoms with E-state index in [0.29, 0.717) is 12.1 Å². The zero-order valence-electron chi connectivity index (χ0n) is 12.8. The smallest absolute Gasteiger partial charge is 0.0877 e. The van der Waals surface area contributed by atoms with Gasteiger partial charge in [0.2, 0.25) is 0 Å². The zero-order chi connectivity index (χ0) is 15.9. The van der Waals surface area contributed by atoms with Crippen molar-refractivity contribution in [1.29, 1.82) is 0 Å². The standard InChI is InChI=1S/C21H19NO/c23-22-21(19-14-8-3-9-15-19)16-20(17-10-4-1-5-11-17)18-12-6-2-7-13-18/h1-15,20,23H,16H2/b22-21-. The number of rotatable bonds is 5. The van der Waals surface area contributed by atoms with E-state index in [0.717, 1.165) is 5.56 Å². The van der Waals surface area contributed by atoms with Crippen molar-refractivity contribution in [3.8, 4) is 0 Å². The molecule has 0 saturated carbocycles. The van der Waals surface area contributed by atoms with Gasteiger partial charge in [-0.05, 0) is 16.7 Å². The van der Waals surface area contributed by atoms with E-state index < -0.39 is 0 Å². The third-order valence-electron chi connectivity index (χ3n) is 4.03. The summed E-state index contributed by atoms with van der Waals surface area (Å²) in [5.74, 6) is 0.156. The van der Waals surface area contributed by atoms with E-state index in [-0.39, 0.29) is 5.92 Å². The molecule has 0 fully saturated rings. The second-order valence-electron chi connectivity index (χ2n) is 5.49. The number of benzene rings is 3. The molecule has 0 amide bonds. The van der Waals surface area contributed by atoms with E-state index in [2.05, 4.69) is 29.4 Å². The highest BCUT2D eigenvalue weighted by molar-refractivity contribution is 6.00. The van der Waals surface area contributed by atoms with E-state index in [1.54, 1.807) is 0 Å². The van der Waals surface area contributed by atoms with Gasteiger partial charge in [0.1, 0.15) is 0 Å². The molecule has 0 heterocycles. The summed E-state index contributed by atoms with van der Waals surface area (Å²) in [6.45, 7) is 0. The second kappa shape index (κ2) is 7.41. The monoisotopic (exact) mass is 301 g/mol. The summed E-state index contributed by atoms with van der Waals surface area (Å²) in [5.41, 5.74) is 4.08. The molecule has 2 heteroatoms. The largest absolute Gasteiger partial charge is 0.411 e. The minimum Gasteiger partial charge on any atom is -0.411 e. The normalized spacial score (nSPS) is 11.6. The van der Waals surface area contributed by atoms with Gasteiger partial charge in [-0.15, -0.1) is 0 Å². The molecule has 1 N–H and O–H groups in total. The molecular weight excluding hydrogens is 282 g/mol. The Hall–Kier alpha value is -2.87. The average Bonchev–Trinajstić information content (AvgIpc) is 2.65. The molecule has 0 aromatic heterocycles. The first kappa shape index (κ1) is 15.0. The Balaban J connectivity index is 1.96. The quantitative estimate of drug-likeness (QED) is 0.397. The molecule has 114 valence electrons. The first-order chi connectivity index (χ1) is 11.4. The topological polar surface area (TPSA) is 32.6 Å². The molecular formula is C21H19NO. The molecule has 0 atom stereocenters.